The van der Waals surface area contributed by atoms with Crippen molar-refractivity contribution in [3.05, 3.63) is 65.5 Å². The van der Waals surface area contributed by atoms with E-state index in [1.54, 1.807) is 4.68 Å². The summed E-state index contributed by atoms with van der Waals surface area (Å²) >= 11 is 1.36. The van der Waals surface area contributed by atoms with Crippen molar-refractivity contribution < 1.29 is 4.79 Å². The van der Waals surface area contributed by atoms with Crippen molar-refractivity contribution >= 4 is 17.7 Å². The molecule has 0 aliphatic rings. The summed E-state index contributed by atoms with van der Waals surface area (Å²) < 4.78 is 1.75. The maximum Gasteiger partial charge on any atom is 0.230 e. The SMILES string of the molecule is Cc1cc(C)n(-c2ccc(SCC(=O)NC(C)c3ccccc3)nn2)n1. The minimum Gasteiger partial charge on any atom is -0.349 e. The Bertz CT molecular complexity index is 877. The molecular formula is C19H21N5OS. The molecular weight excluding hydrogens is 346 g/mol. The lowest BCUT2D eigenvalue weighted by Crippen LogP contribution is -2.28. The number of aryl methyl sites for hydroxylation is 2. The van der Waals surface area contributed by atoms with Crippen LogP contribution >= 0.6 is 11.8 Å². The van der Waals surface area contributed by atoms with Gasteiger partial charge in [0.25, 0.3) is 0 Å². The highest BCUT2D eigenvalue weighted by Gasteiger charge is 2.11. The zero-order chi connectivity index (χ0) is 18.5. The molecule has 0 radical (unpaired) electrons. The third-order valence-corrected chi connectivity index (χ3v) is 4.80. The molecule has 1 N–H and O–H groups in total. The molecule has 0 saturated carbocycles. The van der Waals surface area contributed by atoms with Crippen molar-refractivity contribution in [2.24, 2.45) is 0 Å². The molecule has 1 unspecified atom stereocenters. The second-order valence-corrected chi connectivity index (χ2v) is 7.05. The Morgan fingerprint density at radius 3 is 2.54 bits per heavy atom. The van der Waals surface area contributed by atoms with Gasteiger partial charge in [-0.15, -0.1) is 10.2 Å². The first kappa shape index (κ1) is 18.1. The predicted molar refractivity (Wildman–Crippen MR) is 102 cm³/mol. The monoisotopic (exact) mass is 367 g/mol. The van der Waals surface area contributed by atoms with Crippen LogP contribution in [0.25, 0.3) is 5.82 Å². The van der Waals surface area contributed by atoms with E-state index in [1.807, 2.05) is 69.3 Å². The number of nitrogens with zero attached hydrogens (tertiary/aromatic N) is 4. The Labute approximate surface area is 157 Å². The van der Waals surface area contributed by atoms with E-state index >= 15 is 0 Å². The van der Waals surface area contributed by atoms with Crippen LogP contribution in [-0.2, 0) is 4.79 Å². The summed E-state index contributed by atoms with van der Waals surface area (Å²) in [5.74, 6) is 0.934. The van der Waals surface area contributed by atoms with Crippen LogP contribution in [0.5, 0.6) is 0 Å². The number of hydrogen-bond acceptors (Lipinski definition) is 5. The van der Waals surface area contributed by atoms with E-state index < -0.39 is 0 Å². The zero-order valence-electron chi connectivity index (χ0n) is 15.0. The highest BCUT2D eigenvalue weighted by Crippen LogP contribution is 2.17. The van der Waals surface area contributed by atoms with Gasteiger partial charge >= 0.3 is 0 Å². The Hall–Kier alpha value is -2.67. The standard InChI is InChI=1S/C19H21N5OS/c1-13-11-14(2)24(23-13)17-9-10-19(22-21-17)26-12-18(25)20-15(3)16-7-5-4-6-8-16/h4-11,15H,12H2,1-3H3,(H,20,25). The van der Waals surface area contributed by atoms with Gasteiger partial charge in [-0.25, -0.2) is 4.68 Å². The summed E-state index contributed by atoms with van der Waals surface area (Å²) in [6, 6.07) is 15.6. The molecule has 0 aliphatic carbocycles. The first-order valence-electron chi connectivity index (χ1n) is 8.37. The molecule has 0 fully saturated rings. The van der Waals surface area contributed by atoms with Crippen molar-refractivity contribution in [1.82, 2.24) is 25.3 Å². The van der Waals surface area contributed by atoms with Gasteiger partial charge in [-0.1, -0.05) is 42.1 Å². The second kappa shape index (κ2) is 8.14. The Balaban J connectivity index is 1.55. The van der Waals surface area contributed by atoms with Gasteiger partial charge in [-0.05, 0) is 44.5 Å². The van der Waals surface area contributed by atoms with Crippen molar-refractivity contribution in [2.45, 2.75) is 31.8 Å². The number of nitrogens with one attached hydrogen (secondary N) is 1. The molecule has 1 atom stereocenters. The first-order valence-corrected chi connectivity index (χ1v) is 9.36. The fourth-order valence-corrected chi connectivity index (χ4v) is 3.24. The Kier molecular flexibility index (Phi) is 5.68. The largest absolute Gasteiger partial charge is 0.349 e. The topological polar surface area (TPSA) is 72.7 Å². The van der Waals surface area contributed by atoms with Gasteiger partial charge in [0, 0.05) is 5.69 Å². The van der Waals surface area contributed by atoms with E-state index in [0.29, 0.717) is 16.6 Å². The lowest BCUT2D eigenvalue weighted by atomic mass is 10.1. The van der Waals surface area contributed by atoms with E-state index in [4.69, 9.17) is 0 Å². The summed E-state index contributed by atoms with van der Waals surface area (Å²) in [6.07, 6.45) is 0. The molecule has 6 nitrogen and oxygen atoms in total. The van der Waals surface area contributed by atoms with Crippen LogP contribution < -0.4 is 5.32 Å². The average Bonchev–Trinajstić information content (AvgIpc) is 2.99. The van der Waals surface area contributed by atoms with E-state index in [1.165, 1.54) is 11.8 Å². The van der Waals surface area contributed by atoms with Crippen molar-refractivity contribution in [1.29, 1.82) is 0 Å². The molecule has 3 aromatic rings. The molecule has 2 aromatic heterocycles. The second-order valence-electron chi connectivity index (χ2n) is 6.06. The number of thioether (sulfide) groups is 1. The van der Waals surface area contributed by atoms with Gasteiger partial charge in [-0.3, -0.25) is 4.79 Å². The molecule has 2 heterocycles. The van der Waals surface area contributed by atoms with Crippen LogP contribution in [0.2, 0.25) is 0 Å². The molecule has 134 valence electrons. The first-order chi connectivity index (χ1) is 12.5. The molecule has 0 spiro atoms. The van der Waals surface area contributed by atoms with Crippen LogP contribution in [0.1, 0.15) is 29.9 Å². The average molecular weight is 367 g/mol. The number of benzene rings is 1. The van der Waals surface area contributed by atoms with E-state index in [0.717, 1.165) is 17.0 Å². The number of amides is 1. The van der Waals surface area contributed by atoms with E-state index in [2.05, 4.69) is 20.6 Å². The zero-order valence-corrected chi connectivity index (χ0v) is 15.8. The van der Waals surface area contributed by atoms with Gasteiger partial charge in [0.05, 0.1) is 17.5 Å². The summed E-state index contributed by atoms with van der Waals surface area (Å²) in [4.78, 5) is 12.1. The van der Waals surface area contributed by atoms with Gasteiger partial charge in [0.2, 0.25) is 5.91 Å². The van der Waals surface area contributed by atoms with Crippen LogP contribution in [0, 0.1) is 13.8 Å². The molecule has 0 aliphatic heterocycles. The maximum atomic E-state index is 12.1. The number of carbonyl (C=O) groups is 1. The predicted octanol–water partition coefficient (Wildman–Crippen LogP) is 3.25. The van der Waals surface area contributed by atoms with Gasteiger partial charge in [0.1, 0.15) is 5.03 Å². The van der Waals surface area contributed by atoms with E-state index in [9.17, 15) is 4.79 Å². The summed E-state index contributed by atoms with van der Waals surface area (Å²) in [5, 5.41) is 16.5. The summed E-state index contributed by atoms with van der Waals surface area (Å²) in [5.41, 5.74) is 3.03. The molecule has 0 saturated heterocycles. The fraction of sp³-hybridized carbons (Fsp3) is 0.263. The molecule has 0 bridgehead atoms. The van der Waals surface area contributed by atoms with Crippen molar-refractivity contribution in [3.63, 3.8) is 0 Å². The minimum absolute atomic E-state index is 0.0243. The number of hydrogen-bond donors (Lipinski definition) is 1. The third-order valence-electron chi connectivity index (χ3n) is 3.88. The van der Waals surface area contributed by atoms with Gasteiger partial charge in [-0.2, -0.15) is 5.10 Å². The van der Waals surface area contributed by atoms with Crippen LogP contribution in [0.3, 0.4) is 0 Å². The van der Waals surface area contributed by atoms with Gasteiger partial charge in [0.15, 0.2) is 5.82 Å². The fourth-order valence-electron chi connectivity index (χ4n) is 2.61. The maximum absolute atomic E-state index is 12.1. The quantitative estimate of drug-likeness (QED) is 0.677. The van der Waals surface area contributed by atoms with Crippen molar-refractivity contribution in [3.8, 4) is 5.82 Å². The number of rotatable bonds is 6. The van der Waals surface area contributed by atoms with Crippen molar-refractivity contribution in [2.75, 3.05) is 5.75 Å². The highest BCUT2D eigenvalue weighted by molar-refractivity contribution is 7.99. The van der Waals surface area contributed by atoms with Gasteiger partial charge < -0.3 is 5.32 Å². The highest BCUT2D eigenvalue weighted by atomic mass is 32.2. The Morgan fingerprint density at radius 1 is 1.15 bits per heavy atom. The molecule has 7 heteroatoms. The number of aromatic nitrogens is 4. The summed E-state index contributed by atoms with van der Waals surface area (Å²) in [6.45, 7) is 5.89. The smallest absolute Gasteiger partial charge is 0.230 e. The lowest BCUT2D eigenvalue weighted by molar-refractivity contribution is -0.119. The number of carbonyl (C=O) groups excluding carboxylic acids is 1. The van der Waals surface area contributed by atoms with Crippen LogP contribution in [0.4, 0.5) is 0 Å². The molecule has 1 amide bonds. The third kappa shape index (κ3) is 4.49. The molecule has 1 aromatic carbocycles. The van der Waals surface area contributed by atoms with Crippen LogP contribution in [0.15, 0.2) is 53.6 Å². The van der Waals surface area contributed by atoms with E-state index in [-0.39, 0.29) is 11.9 Å². The molecule has 3 rings (SSSR count). The Morgan fingerprint density at radius 2 is 1.92 bits per heavy atom. The molecule has 26 heavy (non-hydrogen) atoms. The van der Waals surface area contributed by atoms with Crippen LogP contribution in [-0.4, -0.2) is 31.6 Å². The minimum atomic E-state index is -0.0317. The summed E-state index contributed by atoms with van der Waals surface area (Å²) in [7, 11) is 0. The normalized spacial score (nSPS) is 12.0. The lowest BCUT2D eigenvalue weighted by Gasteiger charge is -2.13.